The monoisotopic (exact) mass is 382 g/mol. The SMILES string of the molecule is C/C=C\C(CN=C1NNC(C2CC2)S1)=C(/CC)c1cc(C#N)ccc1OC. The molecular formula is C21H26N4OS. The second-order valence-electron chi connectivity index (χ2n) is 6.65. The van der Waals surface area contributed by atoms with Crippen LogP contribution in [0, 0.1) is 17.2 Å². The fraction of sp³-hybridized carbons (Fsp3) is 0.429. The largest absolute Gasteiger partial charge is 0.496 e. The van der Waals surface area contributed by atoms with Gasteiger partial charge in [0.2, 0.25) is 0 Å². The molecule has 0 spiro atoms. The maximum Gasteiger partial charge on any atom is 0.173 e. The van der Waals surface area contributed by atoms with Crippen LogP contribution in [0.3, 0.4) is 0 Å². The molecule has 1 aliphatic carbocycles. The fourth-order valence-corrected chi connectivity index (χ4v) is 4.29. The van der Waals surface area contributed by atoms with Gasteiger partial charge in [-0.25, -0.2) is 5.43 Å². The van der Waals surface area contributed by atoms with Crippen LogP contribution < -0.4 is 15.6 Å². The lowest BCUT2D eigenvalue weighted by molar-refractivity contribution is 0.413. The molecule has 3 rings (SSSR count). The van der Waals surface area contributed by atoms with Gasteiger partial charge in [-0.3, -0.25) is 10.4 Å². The van der Waals surface area contributed by atoms with E-state index in [1.165, 1.54) is 12.8 Å². The highest BCUT2D eigenvalue weighted by Crippen LogP contribution is 2.39. The molecule has 1 saturated carbocycles. The number of aliphatic imine (C=N–C) groups is 1. The van der Waals surface area contributed by atoms with E-state index in [0.29, 0.717) is 17.5 Å². The molecule has 2 aliphatic rings. The summed E-state index contributed by atoms with van der Waals surface area (Å²) in [4.78, 5) is 4.79. The van der Waals surface area contributed by atoms with Gasteiger partial charge >= 0.3 is 0 Å². The van der Waals surface area contributed by atoms with Crippen LogP contribution in [0.15, 0.2) is 40.9 Å². The zero-order valence-electron chi connectivity index (χ0n) is 16.1. The Morgan fingerprint density at radius 1 is 1.44 bits per heavy atom. The van der Waals surface area contributed by atoms with Gasteiger partial charge in [0.15, 0.2) is 5.17 Å². The van der Waals surface area contributed by atoms with Crippen molar-refractivity contribution in [3.8, 4) is 11.8 Å². The van der Waals surface area contributed by atoms with Crippen molar-refractivity contribution >= 4 is 22.5 Å². The van der Waals surface area contributed by atoms with Crippen LogP contribution in [0.1, 0.15) is 44.2 Å². The number of amidine groups is 1. The van der Waals surface area contributed by atoms with Gasteiger partial charge in [-0.2, -0.15) is 5.26 Å². The second kappa shape index (κ2) is 9.12. The number of ether oxygens (including phenoxy) is 1. The molecule has 1 unspecified atom stereocenters. The third-order valence-electron chi connectivity index (χ3n) is 4.77. The van der Waals surface area contributed by atoms with E-state index in [1.54, 1.807) is 24.9 Å². The van der Waals surface area contributed by atoms with Crippen molar-refractivity contribution < 1.29 is 4.74 Å². The highest BCUT2D eigenvalue weighted by Gasteiger charge is 2.35. The molecule has 1 saturated heterocycles. The van der Waals surface area contributed by atoms with Gasteiger partial charge in [0.25, 0.3) is 0 Å². The van der Waals surface area contributed by atoms with Crippen molar-refractivity contribution in [2.75, 3.05) is 13.7 Å². The normalized spacial score (nSPS) is 21.9. The van der Waals surface area contributed by atoms with E-state index < -0.39 is 0 Å². The summed E-state index contributed by atoms with van der Waals surface area (Å²) in [5.74, 6) is 1.55. The molecule has 142 valence electrons. The zero-order chi connectivity index (χ0) is 19.2. The fourth-order valence-electron chi connectivity index (χ4n) is 3.21. The van der Waals surface area contributed by atoms with Crippen molar-refractivity contribution in [3.05, 3.63) is 47.1 Å². The molecule has 2 N–H and O–H groups in total. The molecule has 1 atom stereocenters. The molecule has 1 heterocycles. The lowest BCUT2D eigenvalue weighted by atomic mass is 9.95. The van der Waals surface area contributed by atoms with Crippen LogP contribution in [0.5, 0.6) is 5.75 Å². The van der Waals surface area contributed by atoms with E-state index in [-0.39, 0.29) is 0 Å². The number of benzene rings is 1. The summed E-state index contributed by atoms with van der Waals surface area (Å²) < 4.78 is 5.55. The van der Waals surface area contributed by atoms with Crippen LogP contribution in [0.2, 0.25) is 0 Å². The Labute approximate surface area is 165 Å². The van der Waals surface area contributed by atoms with Crippen molar-refractivity contribution in [1.29, 1.82) is 5.26 Å². The minimum atomic E-state index is 0.441. The number of thioether (sulfide) groups is 1. The van der Waals surface area contributed by atoms with Gasteiger partial charge in [-0.1, -0.05) is 30.8 Å². The summed E-state index contributed by atoms with van der Waals surface area (Å²) in [6, 6.07) is 7.77. The van der Waals surface area contributed by atoms with Gasteiger partial charge in [-0.15, -0.1) is 0 Å². The first-order valence-electron chi connectivity index (χ1n) is 9.36. The van der Waals surface area contributed by atoms with Crippen LogP contribution in [-0.2, 0) is 0 Å². The van der Waals surface area contributed by atoms with Crippen molar-refractivity contribution in [3.63, 3.8) is 0 Å². The molecule has 0 amide bonds. The number of hydrogen-bond acceptors (Lipinski definition) is 5. The number of rotatable bonds is 7. The number of methoxy groups -OCH3 is 1. The van der Waals surface area contributed by atoms with Crippen molar-refractivity contribution in [2.45, 2.75) is 38.5 Å². The Kier molecular flexibility index (Phi) is 6.59. The number of hydrazine groups is 1. The topological polar surface area (TPSA) is 69.4 Å². The Morgan fingerprint density at radius 3 is 2.89 bits per heavy atom. The molecule has 1 aromatic carbocycles. The number of nitriles is 1. The van der Waals surface area contributed by atoms with Gasteiger partial charge in [0, 0.05) is 5.56 Å². The summed E-state index contributed by atoms with van der Waals surface area (Å²) in [5, 5.41) is 10.7. The predicted molar refractivity (Wildman–Crippen MR) is 112 cm³/mol. The maximum atomic E-state index is 9.28. The van der Waals surface area contributed by atoms with E-state index in [4.69, 9.17) is 9.73 Å². The number of nitrogens with one attached hydrogen (secondary N) is 2. The summed E-state index contributed by atoms with van der Waals surface area (Å²) in [7, 11) is 1.66. The Morgan fingerprint density at radius 2 is 2.26 bits per heavy atom. The number of nitrogens with zero attached hydrogens (tertiary/aromatic N) is 2. The molecule has 5 nitrogen and oxygen atoms in total. The Bertz CT molecular complexity index is 818. The molecule has 1 aromatic rings. The first-order valence-corrected chi connectivity index (χ1v) is 10.2. The number of hydrogen-bond donors (Lipinski definition) is 2. The van der Waals surface area contributed by atoms with Gasteiger partial charge in [0.1, 0.15) is 5.75 Å². The highest BCUT2D eigenvalue weighted by atomic mass is 32.2. The quantitative estimate of drug-likeness (QED) is 0.690. The highest BCUT2D eigenvalue weighted by molar-refractivity contribution is 8.14. The minimum absolute atomic E-state index is 0.441. The summed E-state index contributed by atoms with van der Waals surface area (Å²) in [6.07, 6.45) is 7.58. The van der Waals surface area contributed by atoms with E-state index >= 15 is 0 Å². The molecule has 2 fully saturated rings. The van der Waals surface area contributed by atoms with Gasteiger partial charge in [-0.05, 0) is 61.4 Å². The predicted octanol–water partition coefficient (Wildman–Crippen LogP) is 4.24. The standard InChI is InChI=1S/C21H26N4OS/c1-4-6-16(13-23-21-25-24-20(27-21)15-8-9-15)17(5-2)18-11-14(12-22)7-10-19(18)26-3/h4,6-7,10-11,15,20,24H,5,8-9,13H2,1-3H3,(H,23,25)/b6-4-,17-16-. The van der Waals surface area contributed by atoms with Crippen LogP contribution in [-0.4, -0.2) is 24.2 Å². The summed E-state index contributed by atoms with van der Waals surface area (Å²) in [5.41, 5.74) is 10.4. The lowest BCUT2D eigenvalue weighted by Gasteiger charge is -2.15. The Hall–Kier alpha value is -2.23. The first kappa shape index (κ1) is 19.5. The number of allylic oxidation sites excluding steroid dienone is 2. The molecule has 0 aromatic heterocycles. The van der Waals surface area contributed by atoms with E-state index in [9.17, 15) is 5.26 Å². The summed E-state index contributed by atoms with van der Waals surface area (Å²) in [6.45, 7) is 4.72. The summed E-state index contributed by atoms with van der Waals surface area (Å²) >= 11 is 1.78. The molecule has 0 bridgehead atoms. The zero-order valence-corrected chi connectivity index (χ0v) is 16.9. The third kappa shape index (κ3) is 4.74. The third-order valence-corrected chi connectivity index (χ3v) is 5.98. The van der Waals surface area contributed by atoms with E-state index in [0.717, 1.165) is 40.0 Å². The minimum Gasteiger partial charge on any atom is -0.496 e. The molecular weight excluding hydrogens is 356 g/mol. The second-order valence-corrected chi connectivity index (χ2v) is 7.78. The molecule has 1 aliphatic heterocycles. The van der Waals surface area contributed by atoms with E-state index in [1.807, 2.05) is 25.1 Å². The van der Waals surface area contributed by atoms with Crippen LogP contribution in [0.25, 0.3) is 5.57 Å². The van der Waals surface area contributed by atoms with Gasteiger partial charge in [0.05, 0.1) is 30.7 Å². The van der Waals surface area contributed by atoms with Crippen LogP contribution in [0.4, 0.5) is 0 Å². The average molecular weight is 383 g/mol. The van der Waals surface area contributed by atoms with Crippen LogP contribution >= 0.6 is 11.8 Å². The molecule has 0 radical (unpaired) electrons. The lowest BCUT2D eigenvalue weighted by Crippen LogP contribution is -2.32. The van der Waals surface area contributed by atoms with Crippen molar-refractivity contribution in [2.24, 2.45) is 10.9 Å². The van der Waals surface area contributed by atoms with Crippen molar-refractivity contribution in [1.82, 2.24) is 10.9 Å². The Balaban J connectivity index is 1.90. The van der Waals surface area contributed by atoms with E-state index in [2.05, 4.69) is 29.9 Å². The van der Waals surface area contributed by atoms with Gasteiger partial charge < -0.3 is 4.74 Å². The maximum absolute atomic E-state index is 9.28. The first-order chi connectivity index (χ1) is 13.2. The molecule has 27 heavy (non-hydrogen) atoms. The average Bonchev–Trinajstić information content (AvgIpc) is 3.44. The smallest absolute Gasteiger partial charge is 0.173 e. The molecule has 6 heteroatoms.